The highest BCUT2D eigenvalue weighted by atomic mass is 16.5. The van der Waals surface area contributed by atoms with E-state index < -0.39 is 5.97 Å². The molecule has 5 heteroatoms. The molecule has 0 aromatic heterocycles. The zero-order valence-corrected chi connectivity index (χ0v) is 10.8. The number of anilines is 1. The third-order valence-corrected chi connectivity index (χ3v) is 3.32. The molecule has 1 aliphatic rings. The Morgan fingerprint density at radius 1 is 1.37 bits per heavy atom. The van der Waals surface area contributed by atoms with Crippen LogP contribution < -0.4 is 4.90 Å². The lowest BCUT2D eigenvalue weighted by atomic mass is 10.0. The second kappa shape index (κ2) is 5.84. The number of aliphatic carboxylic acids is 1. The van der Waals surface area contributed by atoms with Crippen molar-refractivity contribution in [3.63, 3.8) is 0 Å². The van der Waals surface area contributed by atoms with Gasteiger partial charge in [0.25, 0.3) is 0 Å². The lowest BCUT2D eigenvalue weighted by Crippen LogP contribution is -2.41. The van der Waals surface area contributed by atoms with Crippen LogP contribution in [0.15, 0.2) is 30.3 Å². The third kappa shape index (κ3) is 3.12. The van der Waals surface area contributed by atoms with Crippen LogP contribution >= 0.6 is 0 Å². The SMILES string of the molecule is CC1OCCC1C(=O)N(CC(=O)O)c1ccccc1. The molecular weight excluding hydrogens is 246 g/mol. The fraction of sp³-hybridized carbons (Fsp3) is 0.429. The average Bonchev–Trinajstić information content (AvgIpc) is 2.82. The van der Waals surface area contributed by atoms with Crippen molar-refractivity contribution in [3.8, 4) is 0 Å². The highest BCUT2D eigenvalue weighted by Crippen LogP contribution is 2.25. The number of benzene rings is 1. The molecule has 0 saturated carbocycles. The number of rotatable bonds is 4. The topological polar surface area (TPSA) is 66.8 Å². The number of amides is 1. The summed E-state index contributed by atoms with van der Waals surface area (Å²) < 4.78 is 5.38. The first-order chi connectivity index (χ1) is 9.09. The molecule has 0 radical (unpaired) electrons. The van der Waals surface area contributed by atoms with Gasteiger partial charge in [-0.3, -0.25) is 9.59 Å². The molecule has 2 rings (SSSR count). The molecule has 1 aromatic rings. The predicted octanol–water partition coefficient (Wildman–Crippen LogP) is 1.53. The molecule has 102 valence electrons. The number of carboxylic acids is 1. The fourth-order valence-electron chi connectivity index (χ4n) is 2.30. The van der Waals surface area contributed by atoms with E-state index in [-0.39, 0.29) is 24.5 Å². The summed E-state index contributed by atoms with van der Waals surface area (Å²) in [4.78, 5) is 24.8. The minimum absolute atomic E-state index is 0.160. The van der Waals surface area contributed by atoms with Crippen LogP contribution in [0.2, 0.25) is 0 Å². The Kier molecular flexibility index (Phi) is 4.16. The standard InChI is InChI=1S/C14H17NO4/c1-10-12(7-8-19-10)14(18)15(9-13(16)17)11-5-3-2-4-6-11/h2-6,10,12H,7-9H2,1H3,(H,16,17). The first kappa shape index (κ1) is 13.5. The summed E-state index contributed by atoms with van der Waals surface area (Å²) in [6.07, 6.45) is 0.482. The Labute approximate surface area is 111 Å². The zero-order valence-electron chi connectivity index (χ0n) is 10.8. The monoisotopic (exact) mass is 263 g/mol. The Morgan fingerprint density at radius 2 is 2.05 bits per heavy atom. The van der Waals surface area contributed by atoms with Crippen LogP contribution in [0.4, 0.5) is 5.69 Å². The minimum Gasteiger partial charge on any atom is -0.480 e. The molecule has 0 bridgehead atoms. The summed E-state index contributed by atoms with van der Waals surface area (Å²) in [6.45, 7) is 2.07. The van der Waals surface area contributed by atoms with Gasteiger partial charge in [0, 0.05) is 12.3 Å². The molecule has 1 saturated heterocycles. The second-order valence-electron chi connectivity index (χ2n) is 4.62. The number of hydrogen-bond acceptors (Lipinski definition) is 3. The summed E-state index contributed by atoms with van der Waals surface area (Å²) in [5, 5.41) is 8.98. The number of carboxylic acid groups (broad SMARTS) is 1. The van der Waals surface area contributed by atoms with Crippen LogP contribution in [0.3, 0.4) is 0 Å². The Morgan fingerprint density at radius 3 is 2.58 bits per heavy atom. The van der Waals surface area contributed by atoms with Gasteiger partial charge in [0.05, 0.1) is 12.0 Å². The van der Waals surface area contributed by atoms with E-state index in [0.29, 0.717) is 18.7 Å². The molecule has 1 N–H and O–H groups in total. The van der Waals surface area contributed by atoms with Crippen LogP contribution in [0.1, 0.15) is 13.3 Å². The summed E-state index contributed by atoms with van der Waals surface area (Å²) in [5.74, 6) is -1.47. The van der Waals surface area contributed by atoms with E-state index in [1.807, 2.05) is 13.0 Å². The molecule has 0 aliphatic carbocycles. The van der Waals surface area contributed by atoms with Gasteiger partial charge in [-0.05, 0) is 25.5 Å². The van der Waals surface area contributed by atoms with Gasteiger partial charge in [-0.15, -0.1) is 0 Å². The van der Waals surface area contributed by atoms with Gasteiger partial charge in [0.1, 0.15) is 6.54 Å². The first-order valence-corrected chi connectivity index (χ1v) is 6.29. The lowest BCUT2D eigenvalue weighted by molar-refractivity contribution is -0.137. The largest absolute Gasteiger partial charge is 0.480 e. The van der Waals surface area contributed by atoms with Crippen molar-refractivity contribution in [2.24, 2.45) is 5.92 Å². The molecule has 2 atom stereocenters. The van der Waals surface area contributed by atoms with Gasteiger partial charge in [0.15, 0.2) is 0 Å². The molecule has 1 heterocycles. The van der Waals surface area contributed by atoms with Crippen LogP contribution in [0, 0.1) is 5.92 Å². The van der Waals surface area contributed by atoms with Gasteiger partial charge in [-0.25, -0.2) is 0 Å². The highest BCUT2D eigenvalue weighted by Gasteiger charge is 2.35. The summed E-state index contributed by atoms with van der Waals surface area (Å²) in [6, 6.07) is 8.87. The normalized spacial score (nSPS) is 22.2. The molecule has 0 spiro atoms. The number of carbonyl (C=O) groups is 2. The third-order valence-electron chi connectivity index (χ3n) is 3.32. The Hall–Kier alpha value is -1.88. The number of carbonyl (C=O) groups excluding carboxylic acids is 1. The van der Waals surface area contributed by atoms with E-state index >= 15 is 0 Å². The van der Waals surface area contributed by atoms with E-state index in [4.69, 9.17) is 9.84 Å². The molecule has 1 amide bonds. The molecule has 2 unspecified atom stereocenters. The molecule has 19 heavy (non-hydrogen) atoms. The van der Waals surface area contributed by atoms with E-state index in [0.717, 1.165) is 0 Å². The Bertz CT molecular complexity index is 460. The van der Waals surface area contributed by atoms with Crippen molar-refractivity contribution in [1.29, 1.82) is 0 Å². The maximum Gasteiger partial charge on any atom is 0.323 e. The van der Waals surface area contributed by atoms with Crippen molar-refractivity contribution in [2.75, 3.05) is 18.1 Å². The number of ether oxygens (including phenoxy) is 1. The van der Waals surface area contributed by atoms with E-state index in [1.54, 1.807) is 24.3 Å². The molecule has 5 nitrogen and oxygen atoms in total. The van der Waals surface area contributed by atoms with Gasteiger partial charge >= 0.3 is 5.97 Å². The van der Waals surface area contributed by atoms with Gasteiger partial charge < -0.3 is 14.7 Å². The van der Waals surface area contributed by atoms with Crippen LogP contribution in [0.25, 0.3) is 0 Å². The maximum atomic E-state index is 12.5. The van der Waals surface area contributed by atoms with Crippen molar-refractivity contribution in [2.45, 2.75) is 19.4 Å². The predicted molar refractivity (Wildman–Crippen MR) is 70.0 cm³/mol. The minimum atomic E-state index is -1.02. The van der Waals surface area contributed by atoms with Crippen molar-refractivity contribution >= 4 is 17.6 Å². The zero-order chi connectivity index (χ0) is 13.8. The first-order valence-electron chi connectivity index (χ1n) is 6.29. The van der Waals surface area contributed by atoms with Gasteiger partial charge in [0.2, 0.25) is 5.91 Å². The maximum absolute atomic E-state index is 12.5. The molecule has 1 aromatic carbocycles. The lowest BCUT2D eigenvalue weighted by Gasteiger charge is -2.25. The quantitative estimate of drug-likeness (QED) is 0.894. The molecule has 1 aliphatic heterocycles. The molecular formula is C14H17NO4. The summed E-state index contributed by atoms with van der Waals surface area (Å²) >= 11 is 0. The number of hydrogen-bond donors (Lipinski definition) is 1. The van der Waals surface area contributed by atoms with Crippen LogP contribution in [-0.2, 0) is 14.3 Å². The van der Waals surface area contributed by atoms with E-state index in [1.165, 1.54) is 4.90 Å². The smallest absolute Gasteiger partial charge is 0.323 e. The second-order valence-corrected chi connectivity index (χ2v) is 4.62. The van der Waals surface area contributed by atoms with Crippen molar-refractivity contribution < 1.29 is 19.4 Å². The fourth-order valence-corrected chi connectivity index (χ4v) is 2.30. The molecule has 1 fully saturated rings. The van der Waals surface area contributed by atoms with E-state index in [9.17, 15) is 9.59 Å². The van der Waals surface area contributed by atoms with Crippen LogP contribution in [-0.4, -0.2) is 36.2 Å². The van der Waals surface area contributed by atoms with Gasteiger partial charge in [-0.1, -0.05) is 18.2 Å². The number of para-hydroxylation sites is 1. The average molecular weight is 263 g/mol. The van der Waals surface area contributed by atoms with Crippen molar-refractivity contribution in [3.05, 3.63) is 30.3 Å². The van der Waals surface area contributed by atoms with E-state index in [2.05, 4.69) is 0 Å². The Balaban J connectivity index is 2.22. The number of nitrogens with zero attached hydrogens (tertiary/aromatic N) is 1. The summed E-state index contributed by atoms with van der Waals surface area (Å²) in [7, 11) is 0. The summed E-state index contributed by atoms with van der Waals surface area (Å²) in [5.41, 5.74) is 0.606. The van der Waals surface area contributed by atoms with Gasteiger partial charge in [-0.2, -0.15) is 0 Å². The van der Waals surface area contributed by atoms with Crippen LogP contribution in [0.5, 0.6) is 0 Å². The highest BCUT2D eigenvalue weighted by molar-refractivity contribution is 5.99. The van der Waals surface area contributed by atoms with Crippen molar-refractivity contribution in [1.82, 2.24) is 0 Å².